The summed E-state index contributed by atoms with van der Waals surface area (Å²) in [6.45, 7) is 11.1. The van der Waals surface area contributed by atoms with Crippen LogP contribution >= 0.6 is 0 Å². The Kier molecular flexibility index (Phi) is 5.69. The minimum Gasteiger partial charge on any atom is -0.506 e. The molecular formula is C28H29NO2. The summed E-state index contributed by atoms with van der Waals surface area (Å²) in [5.41, 5.74) is 6.57. The number of Topliss-reactive ketones (excluding diaryl/α,β-unsaturated/α-hetero) is 1. The molecule has 0 saturated heterocycles. The summed E-state index contributed by atoms with van der Waals surface area (Å²) in [5, 5.41) is 12.1. The van der Waals surface area contributed by atoms with Crippen molar-refractivity contribution in [2.45, 2.75) is 46.6 Å². The molecular weight excluding hydrogens is 382 g/mol. The van der Waals surface area contributed by atoms with Gasteiger partial charge in [-0.05, 0) is 54.2 Å². The molecule has 0 spiro atoms. The van der Waals surface area contributed by atoms with Crippen LogP contribution in [-0.4, -0.2) is 15.5 Å². The first kappa shape index (κ1) is 20.9. The first-order chi connectivity index (χ1) is 15.0. The number of aryl methyl sites for hydroxylation is 3. The Morgan fingerprint density at radius 1 is 1.16 bits per heavy atom. The van der Waals surface area contributed by atoms with E-state index in [1.54, 1.807) is 6.08 Å². The van der Waals surface area contributed by atoms with Gasteiger partial charge in [0.25, 0.3) is 0 Å². The molecule has 0 amide bonds. The van der Waals surface area contributed by atoms with Crippen molar-refractivity contribution in [3.63, 3.8) is 0 Å². The maximum atomic E-state index is 13.3. The molecule has 1 N–H and O–H groups in total. The highest BCUT2D eigenvalue weighted by Crippen LogP contribution is 2.43. The summed E-state index contributed by atoms with van der Waals surface area (Å²) in [6, 6.07) is 14.3. The van der Waals surface area contributed by atoms with Crippen LogP contribution in [0.4, 0.5) is 0 Å². The van der Waals surface area contributed by atoms with E-state index < -0.39 is 0 Å². The third-order valence-electron chi connectivity index (χ3n) is 6.21. The highest BCUT2D eigenvalue weighted by molar-refractivity contribution is 6.42. The summed E-state index contributed by atoms with van der Waals surface area (Å²) < 4.78 is 2.21. The number of rotatable bonds is 7. The summed E-state index contributed by atoms with van der Waals surface area (Å²) >= 11 is 0. The average molecular weight is 412 g/mol. The first-order valence-corrected chi connectivity index (χ1v) is 11.0. The lowest BCUT2D eigenvalue weighted by atomic mass is 9.78. The summed E-state index contributed by atoms with van der Waals surface area (Å²) in [5.74, 6) is -0.0494. The number of hydrogen-bond donors (Lipinski definition) is 1. The second-order valence-electron chi connectivity index (χ2n) is 8.16. The third-order valence-corrected chi connectivity index (χ3v) is 6.21. The van der Waals surface area contributed by atoms with Crippen molar-refractivity contribution in [1.29, 1.82) is 0 Å². The minimum atomic E-state index is -0.118. The molecule has 31 heavy (non-hydrogen) atoms. The SMILES string of the molecule is C=C/C(=C1/C(=O)C(c2cn(CCCC)c3ccc(CC)cc23)=C1O)c1ccccc1C. The molecule has 3 nitrogen and oxygen atoms in total. The smallest absolute Gasteiger partial charge is 0.201 e. The van der Waals surface area contributed by atoms with E-state index in [0.29, 0.717) is 16.7 Å². The predicted molar refractivity (Wildman–Crippen MR) is 129 cm³/mol. The van der Waals surface area contributed by atoms with Crippen LogP contribution in [0.3, 0.4) is 0 Å². The summed E-state index contributed by atoms with van der Waals surface area (Å²) in [7, 11) is 0. The highest BCUT2D eigenvalue weighted by atomic mass is 16.3. The Morgan fingerprint density at radius 2 is 1.94 bits per heavy atom. The molecule has 0 aliphatic heterocycles. The lowest BCUT2D eigenvalue weighted by Crippen LogP contribution is -2.22. The van der Waals surface area contributed by atoms with Gasteiger partial charge in [0.2, 0.25) is 5.78 Å². The lowest BCUT2D eigenvalue weighted by Gasteiger charge is -2.24. The number of aromatic nitrogens is 1. The molecule has 0 fully saturated rings. The maximum Gasteiger partial charge on any atom is 0.201 e. The van der Waals surface area contributed by atoms with Crippen molar-refractivity contribution in [1.82, 2.24) is 4.57 Å². The molecule has 0 saturated carbocycles. The Morgan fingerprint density at radius 3 is 2.58 bits per heavy atom. The molecule has 3 aromatic rings. The monoisotopic (exact) mass is 411 g/mol. The molecule has 1 aliphatic carbocycles. The van der Waals surface area contributed by atoms with Crippen molar-refractivity contribution in [3.8, 4) is 0 Å². The van der Waals surface area contributed by atoms with Gasteiger partial charge in [0.15, 0.2) is 0 Å². The second-order valence-corrected chi connectivity index (χ2v) is 8.16. The zero-order valence-corrected chi connectivity index (χ0v) is 18.5. The van der Waals surface area contributed by atoms with Gasteiger partial charge in [0, 0.05) is 29.2 Å². The Bertz CT molecular complexity index is 1250. The van der Waals surface area contributed by atoms with E-state index >= 15 is 0 Å². The molecule has 1 heterocycles. The fraction of sp³-hybridized carbons (Fsp3) is 0.250. The number of aliphatic hydroxyl groups excluding tert-OH is 1. The fourth-order valence-corrected chi connectivity index (χ4v) is 4.40. The van der Waals surface area contributed by atoms with Crippen LogP contribution in [0.25, 0.3) is 22.0 Å². The van der Waals surface area contributed by atoms with Crippen molar-refractivity contribution in [2.75, 3.05) is 0 Å². The number of fused-ring (bicyclic) bond motifs is 1. The molecule has 3 heteroatoms. The van der Waals surface area contributed by atoms with E-state index in [-0.39, 0.29) is 11.5 Å². The van der Waals surface area contributed by atoms with Crippen molar-refractivity contribution >= 4 is 27.8 Å². The standard InChI is InChI=1S/C28H29NO2/c1-5-8-15-29-17-23(22-16-19(6-2)13-14-24(22)29)26-27(30)25(28(26)31)20(7-3)21-12-10-9-11-18(21)4/h7,9-14,16-17,30H,3,5-6,8,15H2,1-2,4H3/b25-20-. The fourth-order valence-electron chi connectivity index (χ4n) is 4.40. The molecule has 0 radical (unpaired) electrons. The molecule has 158 valence electrons. The normalized spacial score (nSPS) is 15.4. The number of hydrogen-bond acceptors (Lipinski definition) is 2. The quantitative estimate of drug-likeness (QED) is 0.434. The number of allylic oxidation sites excluding steroid dienone is 4. The minimum absolute atomic E-state index is 0.0691. The van der Waals surface area contributed by atoms with E-state index in [1.165, 1.54) is 5.56 Å². The van der Waals surface area contributed by atoms with Gasteiger partial charge in [-0.2, -0.15) is 0 Å². The Balaban J connectivity index is 1.90. The Hall–Kier alpha value is -3.33. The van der Waals surface area contributed by atoms with Crippen LogP contribution in [0.1, 0.15) is 48.9 Å². The van der Waals surface area contributed by atoms with E-state index in [0.717, 1.165) is 53.4 Å². The van der Waals surface area contributed by atoms with Crippen LogP contribution in [-0.2, 0) is 17.8 Å². The second kappa shape index (κ2) is 8.43. The number of carbonyl (C=O) groups excluding carboxylic acids is 1. The van der Waals surface area contributed by atoms with Gasteiger partial charge in [-0.15, -0.1) is 0 Å². The number of benzene rings is 2. The van der Waals surface area contributed by atoms with Gasteiger partial charge in [0.1, 0.15) is 5.76 Å². The van der Waals surface area contributed by atoms with Gasteiger partial charge >= 0.3 is 0 Å². The maximum absolute atomic E-state index is 13.3. The van der Waals surface area contributed by atoms with Crippen molar-refractivity contribution in [2.24, 2.45) is 0 Å². The molecule has 0 atom stereocenters. The molecule has 0 bridgehead atoms. The topological polar surface area (TPSA) is 42.2 Å². The molecule has 2 aromatic carbocycles. The van der Waals surface area contributed by atoms with E-state index in [9.17, 15) is 9.90 Å². The molecule has 0 unspecified atom stereocenters. The van der Waals surface area contributed by atoms with Crippen molar-refractivity contribution < 1.29 is 9.90 Å². The number of ketones is 1. The van der Waals surface area contributed by atoms with Gasteiger partial charge < -0.3 is 9.67 Å². The van der Waals surface area contributed by atoms with Gasteiger partial charge in [-0.3, -0.25) is 4.79 Å². The third kappa shape index (κ3) is 3.44. The van der Waals surface area contributed by atoms with Crippen LogP contribution < -0.4 is 0 Å². The van der Waals surface area contributed by atoms with Gasteiger partial charge in [-0.25, -0.2) is 0 Å². The zero-order chi connectivity index (χ0) is 22.1. The Labute approximate surface area is 184 Å². The molecule has 4 rings (SSSR count). The zero-order valence-electron chi connectivity index (χ0n) is 18.5. The predicted octanol–water partition coefficient (Wildman–Crippen LogP) is 6.80. The number of unbranched alkanes of at least 4 members (excludes halogenated alkanes) is 1. The van der Waals surface area contributed by atoms with Crippen molar-refractivity contribution in [3.05, 3.63) is 94.9 Å². The van der Waals surface area contributed by atoms with Crippen LogP contribution in [0, 0.1) is 6.92 Å². The molecule has 1 aromatic heterocycles. The van der Waals surface area contributed by atoms with Crippen LogP contribution in [0.5, 0.6) is 0 Å². The number of nitrogens with zero attached hydrogens (tertiary/aromatic N) is 1. The van der Waals surface area contributed by atoms with Crippen LogP contribution in [0.15, 0.2) is 72.6 Å². The van der Waals surface area contributed by atoms with Gasteiger partial charge in [-0.1, -0.05) is 63.3 Å². The number of aliphatic hydroxyl groups is 1. The molecule has 1 aliphatic rings. The largest absolute Gasteiger partial charge is 0.506 e. The van der Waals surface area contributed by atoms with E-state index in [2.05, 4.69) is 43.2 Å². The average Bonchev–Trinajstić information content (AvgIpc) is 3.13. The lowest BCUT2D eigenvalue weighted by molar-refractivity contribution is -0.111. The van der Waals surface area contributed by atoms with Crippen LogP contribution in [0.2, 0.25) is 0 Å². The summed E-state index contributed by atoms with van der Waals surface area (Å²) in [4.78, 5) is 13.3. The van der Waals surface area contributed by atoms with Gasteiger partial charge in [0.05, 0.1) is 11.1 Å². The van der Waals surface area contributed by atoms with E-state index in [4.69, 9.17) is 0 Å². The first-order valence-electron chi connectivity index (χ1n) is 11.0. The van der Waals surface area contributed by atoms with E-state index in [1.807, 2.05) is 37.4 Å². The summed E-state index contributed by atoms with van der Waals surface area (Å²) in [6.07, 6.45) is 6.79. The highest BCUT2D eigenvalue weighted by Gasteiger charge is 2.38. The number of carbonyl (C=O) groups is 1.